The summed E-state index contributed by atoms with van der Waals surface area (Å²) in [5.74, 6) is 0.319. The Balaban J connectivity index is 2.62. The van der Waals surface area contributed by atoms with Crippen LogP contribution in [0.2, 0.25) is 0 Å². The van der Waals surface area contributed by atoms with Gasteiger partial charge in [0.05, 0.1) is 11.0 Å². The van der Waals surface area contributed by atoms with Gasteiger partial charge in [-0.2, -0.15) is 0 Å². The second-order valence-electron chi connectivity index (χ2n) is 3.49. The lowest BCUT2D eigenvalue weighted by atomic mass is 10.2. The second kappa shape index (κ2) is 3.32. The molecule has 0 aromatic carbocycles. The van der Waals surface area contributed by atoms with E-state index in [1.165, 1.54) is 0 Å². The Labute approximate surface area is 73.8 Å². The van der Waals surface area contributed by atoms with Gasteiger partial charge in [0.1, 0.15) is 0 Å². The van der Waals surface area contributed by atoms with Crippen LogP contribution in [-0.4, -0.2) is 44.6 Å². The van der Waals surface area contributed by atoms with Crippen LogP contribution in [-0.2, 0) is 9.84 Å². The summed E-state index contributed by atoms with van der Waals surface area (Å²) in [5, 5.41) is 1.56. The van der Waals surface area contributed by atoms with E-state index >= 15 is 0 Å². The van der Waals surface area contributed by atoms with E-state index in [0.717, 1.165) is 6.42 Å². The fourth-order valence-corrected chi connectivity index (χ4v) is 3.12. The summed E-state index contributed by atoms with van der Waals surface area (Å²) < 4.78 is 22.6. The molecular formula is C7H16N2O2S. The summed E-state index contributed by atoms with van der Waals surface area (Å²) in [6.07, 6.45) is 0.724. The van der Waals surface area contributed by atoms with Crippen LogP contribution in [0.25, 0.3) is 0 Å². The Morgan fingerprint density at radius 1 is 1.42 bits per heavy atom. The Hall–Kier alpha value is -0.130. The molecule has 72 valence electrons. The summed E-state index contributed by atoms with van der Waals surface area (Å²) in [5.41, 5.74) is 3.10. The molecule has 2 unspecified atom stereocenters. The van der Waals surface area contributed by atoms with Crippen molar-refractivity contribution >= 4 is 9.84 Å². The summed E-state index contributed by atoms with van der Waals surface area (Å²) in [7, 11) is 0.936. The highest BCUT2D eigenvalue weighted by Gasteiger charge is 2.36. The van der Waals surface area contributed by atoms with Gasteiger partial charge in [0.15, 0.2) is 9.84 Å². The van der Waals surface area contributed by atoms with Crippen LogP contribution < -0.4 is 5.43 Å². The van der Waals surface area contributed by atoms with Gasteiger partial charge < -0.3 is 0 Å². The minimum Gasteiger partial charge on any atom is -0.251 e. The van der Waals surface area contributed by atoms with E-state index in [1.54, 1.807) is 6.92 Å². The maximum Gasteiger partial charge on any atom is 0.154 e. The quantitative estimate of drug-likeness (QED) is 0.606. The van der Waals surface area contributed by atoms with Crippen molar-refractivity contribution in [2.45, 2.75) is 24.6 Å². The van der Waals surface area contributed by atoms with Crippen molar-refractivity contribution in [3.8, 4) is 0 Å². The Kier molecular flexibility index (Phi) is 2.75. The number of sulfone groups is 1. The molecule has 1 fully saturated rings. The zero-order valence-corrected chi connectivity index (χ0v) is 8.56. The van der Waals surface area contributed by atoms with E-state index < -0.39 is 9.84 Å². The molecule has 1 aliphatic rings. The van der Waals surface area contributed by atoms with Crippen LogP contribution in [0, 0.1) is 0 Å². The standard InChI is InChI=1S/C7H16N2O2S/c1-6-7(8-9(2)3)4-5-12(6,10)11/h6-8H,4-5H2,1-3H3. The van der Waals surface area contributed by atoms with Gasteiger partial charge >= 0.3 is 0 Å². The fraction of sp³-hybridized carbons (Fsp3) is 1.00. The van der Waals surface area contributed by atoms with E-state index in [1.807, 2.05) is 19.1 Å². The highest BCUT2D eigenvalue weighted by Crippen LogP contribution is 2.19. The van der Waals surface area contributed by atoms with Crippen LogP contribution in [0.5, 0.6) is 0 Å². The van der Waals surface area contributed by atoms with Crippen molar-refractivity contribution in [3.05, 3.63) is 0 Å². The van der Waals surface area contributed by atoms with Gasteiger partial charge in [-0.15, -0.1) is 0 Å². The van der Waals surface area contributed by atoms with Crippen LogP contribution in [0.4, 0.5) is 0 Å². The van der Waals surface area contributed by atoms with Crippen molar-refractivity contribution in [2.75, 3.05) is 19.8 Å². The third kappa shape index (κ3) is 1.97. The fourth-order valence-electron chi connectivity index (χ4n) is 1.46. The van der Waals surface area contributed by atoms with Crippen molar-refractivity contribution in [3.63, 3.8) is 0 Å². The summed E-state index contributed by atoms with van der Waals surface area (Å²) in [4.78, 5) is 0. The minimum atomic E-state index is -2.81. The Bertz CT molecular complexity index is 248. The molecule has 0 aromatic rings. The van der Waals surface area contributed by atoms with Gasteiger partial charge in [-0.05, 0) is 13.3 Å². The van der Waals surface area contributed by atoms with E-state index in [2.05, 4.69) is 5.43 Å². The number of rotatable bonds is 2. The van der Waals surface area contributed by atoms with E-state index in [-0.39, 0.29) is 11.3 Å². The molecular weight excluding hydrogens is 176 g/mol. The topological polar surface area (TPSA) is 49.4 Å². The zero-order chi connectivity index (χ0) is 9.35. The van der Waals surface area contributed by atoms with E-state index in [4.69, 9.17) is 0 Å². The van der Waals surface area contributed by atoms with Gasteiger partial charge in [-0.25, -0.2) is 8.42 Å². The maximum atomic E-state index is 11.3. The van der Waals surface area contributed by atoms with Crippen LogP contribution in [0.1, 0.15) is 13.3 Å². The third-order valence-electron chi connectivity index (χ3n) is 2.27. The molecule has 0 saturated carbocycles. The first kappa shape index (κ1) is 9.95. The number of nitrogens with one attached hydrogen (secondary N) is 1. The number of hydrogen-bond donors (Lipinski definition) is 1. The molecule has 0 amide bonds. The molecule has 0 bridgehead atoms. The molecule has 1 rings (SSSR count). The van der Waals surface area contributed by atoms with Crippen LogP contribution in [0.15, 0.2) is 0 Å². The lowest BCUT2D eigenvalue weighted by Crippen LogP contribution is -2.44. The van der Waals surface area contributed by atoms with Crippen LogP contribution >= 0.6 is 0 Å². The van der Waals surface area contributed by atoms with Crippen molar-refractivity contribution in [2.24, 2.45) is 0 Å². The highest BCUT2D eigenvalue weighted by atomic mass is 32.2. The molecule has 1 N–H and O–H groups in total. The lowest BCUT2D eigenvalue weighted by molar-refractivity contribution is 0.241. The average molecular weight is 192 g/mol. The molecule has 0 aromatic heterocycles. The minimum absolute atomic E-state index is 0.0880. The normalized spacial score (nSPS) is 34.3. The largest absolute Gasteiger partial charge is 0.251 e. The molecule has 2 atom stereocenters. The zero-order valence-electron chi connectivity index (χ0n) is 7.74. The van der Waals surface area contributed by atoms with Crippen LogP contribution in [0.3, 0.4) is 0 Å². The predicted molar refractivity (Wildman–Crippen MR) is 48.5 cm³/mol. The van der Waals surface area contributed by atoms with Gasteiger partial charge in [-0.3, -0.25) is 10.4 Å². The summed E-state index contributed by atoms with van der Waals surface area (Å²) in [6.45, 7) is 1.77. The van der Waals surface area contributed by atoms with Gasteiger partial charge in [0, 0.05) is 20.1 Å². The van der Waals surface area contributed by atoms with Crippen molar-refractivity contribution < 1.29 is 8.42 Å². The van der Waals surface area contributed by atoms with Gasteiger partial charge in [0.2, 0.25) is 0 Å². The predicted octanol–water partition coefficient (Wildman–Crippen LogP) is -0.372. The summed E-state index contributed by atoms with van der Waals surface area (Å²) >= 11 is 0. The molecule has 1 heterocycles. The smallest absolute Gasteiger partial charge is 0.154 e. The first-order valence-electron chi connectivity index (χ1n) is 4.08. The molecule has 1 aliphatic heterocycles. The third-order valence-corrected chi connectivity index (χ3v) is 4.54. The molecule has 5 heteroatoms. The van der Waals surface area contributed by atoms with Gasteiger partial charge in [0.25, 0.3) is 0 Å². The van der Waals surface area contributed by atoms with E-state index in [0.29, 0.717) is 5.75 Å². The number of hydrazine groups is 1. The van der Waals surface area contributed by atoms with E-state index in [9.17, 15) is 8.42 Å². The first-order chi connectivity index (χ1) is 5.43. The molecule has 4 nitrogen and oxygen atoms in total. The summed E-state index contributed by atoms with van der Waals surface area (Å²) in [6, 6.07) is 0.0880. The second-order valence-corrected chi connectivity index (χ2v) is 5.97. The molecule has 0 radical (unpaired) electrons. The molecule has 0 spiro atoms. The maximum absolute atomic E-state index is 11.3. The Morgan fingerprint density at radius 3 is 2.33 bits per heavy atom. The molecule has 1 saturated heterocycles. The highest BCUT2D eigenvalue weighted by molar-refractivity contribution is 7.92. The van der Waals surface area contributed by atoms with Crippen molar-refractivity contribution in [1.29, 1.82) is 0 Å². The number of hydrogen-bond acceptors (Lipinski definition) is 4. The lowest BCUT2D eigenvalue weighted by Gasteiger charge is -2.20. The Morgan fingerprint density at radius 2 is 2.00 bits per heavy atom. The number of nitrogens with zero attached hydrogens (tertiary/aromatic N) is 1. The molecule has 0 aliphatic carbocycles. The van der Waals surface area contributed by atoms with Crippen molar-refractivity contribution in [1.82, 2.24) is 10.4 Å². The van der Waals surface area contributed by atoms with Gasteiger partial charge in [-0.1, -0.05) is 0 Å². The monoisotopic (exact) mass is 192 g/mol. The SMILES string of the molecule is CC1C(NN(C)C)CCS1(=O)=O. The molecule has 12 heavy (non-hydrogen) atoms. The first-order valence-corrected chi connectivity index (χ1v) is 5.80. The average Bonchev–Trinajstić information content (AvgIpc) is 2.15.